The molecule has 0 spiro atoms. The van der Waals surface area contributed by atoms with Crippen molar-refractivity contribution in [1.82, 2.24) is 9.46 Å². The number of aromatic nitrogens is 1. The first-order valence-electron chi connectivity index (χ1n) is 5.65. The maximum atomic E-state index is 12.3. The fourth-order valence-electron chi connectivity index (χ4n) is 2.05. The molecule has 6 nitrogen and oxygen atoms in total. The van der Waals surface area contributed by atoms with Crippen molar-refractivity contribution in [3.63, 3.8) is 0 Å². The topological polar surface area (TPSA) is 89.4 Å². The molecule has 1 aliphatic heterocycles. The van der Waals surface area contributed by atoms with Crippen LogP contribution >= 0.6 is 0 Å². The molecule has 0 unspecified atom stereocenters. The smallest absolute Gasteiger partial charge is 0.250 e. The van der Waals surface area contributed by atoms with Gasteiger partial charge in [-0.15, -0.1) is 0 Å². The largest absolute Gasteiger partial charge is 0.380 e. The Balaban J connectivity index is 2.31. The van der Waals surface area contributed by atoms with Crippen molar-refractivity contribution >= 4 is 15.8 Å². The van der Waals surface area contributed by atoms with Crippen LogP contribution in [0.15, 0.2) is 9.42 Å². The number of hydrogen-bond donors (Lipinski definition) is 1. The Bertz CT molecular complexity index is 481. The van der Waals surface area contributed by atoms with Crippen LogP contribution in [0.25, 0.3) is 0 Å². The van der Waals surface area contributed by atoms with Crippen LogP contribution in [0.2, 0.25) is 0 Å². The lowest BCUT2D eigenvalue weighted by molar-refractivity contribution is 0.287. The summed E-state index contributed by atoms with van der Waals surface area (Å²) in [4.78, 5) is 0.0204. The molecule has 2 heterocycles. The maximum absolute atomic E-state index is 12.3. The Labute approximate surface area is 101 Å². The minimum Gasteiger partial charge on any atom is -0.380 e. The maximum Gasteiger partial charge on any atom is 0.250 e. The minimum absolute atomic E-state index is 0.0204. The van der Waals surface area contributed by atoms with Crippen LogP contribution in [-0.2, 0) is 10.0 Å². The summed E-state index contributed by atoms with van der Waals surface area (Å²) in [6.45, 7) is 4.76. The van der Waals surface area contributed by atoms with Gasteiger partial charge in [-0.25, -0.2) is 8.42 Å². The van der Waals surface area contributed by atoms with Crippen molar-refractivity contribution in [3.8, 4) is 0 Å². The molecule has 0 aliphatic carbocycles. The van der Waals surface area contributed by atoms with Crippen molar-refractivity contribution in [3.05, 3.63) is 5.76 Å². The molecule has 1 aromatic heterocycles. The zero-order valence-electron chi connectivity index (χ0n) is 10.0. The van der Waals surface area contributed by atoms with Gasteiger partial charge >= 0.3 is 0 Å². The van der Waals surface area contributed by atoms with Crippen LogP contribution in [0.5, 0.6) is 0 Å². The highest BCUT2D eigenvalue weighted by atomic mass is 32.2. The van der Waals surface area contributed by atoms with E-state index in [0.29, 0.717) is 19.0 Å². The summed E-state index contributed by atoms with van der Waals surface area (Å²) in [6, 6.07) is 0. The highest BCUT2D eigenvalue weighted by Crippen LogP contribution is 2.28. The fraction of sp³-hybridized carbons (Fsp3) is 0.700. The lowest BCUT2D eigenvalue weighted by atomic mass is 10.0. The zero-order valence-corrected chi connectivity index (χ0v) is 10.8. The van der Waals surface area contributed by atoms with Crippen LogP contribution < -0.4 is 5.73 Å². The van der Waals surface area contributed by atoms with Gasteiger partial charge in [-0.1, -0.05) is 12.1 Å². The highest BCUT2D eigenvalue weighted by Gasteiger charge is 2.33. The Hall–Kier alpha value is -1.08. The third-order valence-corrected chi connectivity index (χ3v) is 5.23. The summed E-state index contributed by atoms with van der Waals surface area (Å²) >= 11 is 0. The molecule has 17 heavy (non-hydrogen) atoms. The number of rotatable bonds is 2. The second-order valence-electron chi connectivity index (χ2n) is 4.54. The molecular formula is C10H17N3O3S. The summed E-state index contributed by atoms with van der Waals surface area (Å²) in [6.07, 6.45) is 1.76. The number of sulfonamides is 1. The Morgan fingerprint density at radius 1 is 1.41 bits per heavy atom. The molecule has 0 radical (unpaired) electrons. The van der Waals surface area contributed by atoms with Gasteiger partial charge in [0.2, 0.25) is 10.0 Å². The number of nitrogens with zero attached hydrogens (tertiary/aromatic N) is 2. The first-order chi connectivity index (χ1) is 7.93. The van der Waals surface area contributed by atoms with Gasteiger partial charge in [0, 0.05) is 13.1 Å². The van der Waals surface area contributed by atoms with Crippen molar-refractivity contribution in [2.45, 2.75) is 31.6 Å². The SMILES string of the molecule is Cc1onc(N)c1S(=O)(=O)N1CCC(C)CC1. The van der Waals surface area contributed by atoms with E-state index in [1.54, 1.807) is 6.92 Å². The molecule has 0 amide bonds. The number of piperidine rings is 1. The molecule has 1 aromatic rings. The average Bonchev–Trinajstić information content (AvgIpc) is 2.59. The van der Waals surface area contributed by atoms with Gasteiger partial charge in [-0.05, 0) is 25.7 Å². The molecule has 2 rings (SSSR count). The molecule has 1 saturated heterocycles. The van der Waals surface area contributed by atoms with Gasteiger partial charge in [-0.2, -0.15) is 4.31 Å². The predicted octanol–water partition coefficient (Wildman–Crippen LogP) is 0.986. The van der Waals surface area contributed by atoms with E-state index in [2.05, 4.69) is 12.1 Å². The quantitative estimate of drug-likeness (QED) is 0.855. The molecule has 7 heteroatoms. The van der Waals surface area contributed by atoms with Gasteiger partial charge in [0.05, 0.1) is 0 Å². The van der Waals surface area contributed by atoms with Crippen LogP contribution in [0.1, 0.15) is 25.5 Å². The summed E-state index contributed by atoms with van der Waals surface area (Å²) < 4.78 is 31.0. The fourth-order valence-corrected chi connectivity index (χ4v) is 3.70. The summed E-state index contributed by atoms with van der Waals surface area (Å²) in [5.41, 5.74) is 5.55. The lowest BCUT2D eigenvalue weighted by Crippen LogP contribution is -2.38. The minimum atomic E-state index is -3.55. The molecule has 0 bridgehead atoms. The van der Waals surface area contributed by atoms with E-state index in [4.69, 9.17) is 10.3 Å². The van der Waals surface area contributed by atoms with Crippen LogP contribution in [0.4, 0.5) is 5.82 Å². The number of aryl methyl sites for hydroxylation is 1. The van der Waals surface area contributed by atoms with Gasteiger partial charge in [0.15, 0.2) is 16.5 Å². The van der Waals surface area contributed by atoms with Gasteiger partial charge < -0.3 is 10.3 Å². The zero-order chi connectivity index (χ0) is 12.6. The Morgan fingerprint density at radius 3 is 2.47 bits per heavy atom. The molecule has 1 fully saturated rings. The number of nitrogens with two attached hydrogens (primary N) is 1. The number of nitrogen functional groups attached to an aromatic ring is 1. The van der Waals surface area contributed by atoms with E-state index < -0.39 is 10.0 Å². The molecule has 0 saturated carbocycles. The van der Waals surface area contributed by atoms with Gasteiger partial charge in [0.25, 0.3) is 0 Å². The summed E-state index contributed by atoms with van der Waals surface area (Å²) in [5.74, 6) is 0.768. The van der Waals surface area contributed by atoms with E-state index in [0.717, 1.165) is 12.8 Å². The van der Waals surface area contributed by atoms with Gasteiger partial charge in [-0.3, -0.25) is 0 Å². The third-order valence-electron chi connectivity index (χ3n) is 3.17. The van der Waals surface area contributed by atoms with Crippen molar-refractivity contribution in [1.29, 1.82) is 0 Å². The van der Waals surface area contributed by atoms with Crippen molar-refractivity contribution in [2.24, 2.45) is 5.92 Å². The van der Waals surface area contributed by atoms with Crippen LogP contribution in [0.3, 0.4) is 0 Å². The second-order valence-corrected chi connectivity index (χ2v) is 6.41. The normalized spacial score (nSPS) is 19.6. The number of hydrogen-bond acceptors (Lipinski definition) is 5. The standard InChI is InChI=1S/C10H17N3O3S/c1-7-3-5-13(6-4-7)17(14,15)9-8(2)16-12-10(9)11/h7H,3-6H2,1-2H3,(H2,11,12). The van der Waals surface area contributed by atoms with E-state index in [-0.39, 0.29) is 16.5 Å². The second kappa shape index (κ2) is 4.30. The lowest BCUT2D eigenvalue weighted by Gasteiger charge is -2.29. The first-order valence-corrected chi connectivity index (χ1v) is 7.09. The first kappa shape index (κ1) is 12.4. The van der Waals surface area contributed by atoms with E-state index >= 15 is 0 Å². The van der Waals surface area contributed by atoms with Gasteiger partial charge in [0.1, 0.15) is 0 Å². The molecule has 96 valence electrons. The highest BCUT2D eigenvalue weighted by molar-refractivity contribution is 7.89. The third kappa shape index (κ3) is 2.16. The van der Waals surface area contributed by atoms with Crippen molar-refractivity contribution < 1.29 is 12.9 Å². The molecule has 2 N–H and O–H groups in total. The number of anilines is 1. The Kier molecular flexibility index (Phi) is 3.13. The summed E-state index contributed by atoms with van der Waals surface area (Å²) in [5, 5.41) is 3.49. The molecule has 1 aliphatic rings. The van der Waals surface area contributed by atoms with Crippen LogP contribution in [-0.4, -0.2) is 31.0 Å². The van der Waals surface area contributed by atoms with E-state index in [1.807, 2.05) is 0 Å². The van der Waals surface area contributed by atoms with E-state index in [9.17, 15) is 8.42 Å². The molecule has 0 atom stereocenters. The monoisotopic (exact) mass is 259 g/mol. The predicted molar refractivity (Wildman–Crippen MR) is 62.8 cm³/mol. The molecular weight excluding hydrogens is 242 g/mol. The Morgan fingerprint density at radius 2 is 2.00 bits per heavy atom. The van der Waals surface area contributed by atoms with Crippen LogP contribution in [0, 0.1) is 12.8 Å². The van der Waals surface area contributed by atoms with E-state index in [1.165, 1.54) is 4.31 Å². The van der Waals surface area contributed by atoms with Crippen molar-refractivity contribution in [2.75, 3.05) is 18.8 Å². The molecule has 0 aromatic carbocycles. The summed E-state index contributed by atoms with van der Waals surface area (Å²) in [7, 11) is -3.55. The average molecular weight is 259 g/mol.